The van der Waals surface area contributed by atoms with Crippen LogP contribution in [0.4, 0.5) is 0 Å². The van der Waals surface area contributed by atoms with Gasteiger partial charge in [0.2, 0.25) is 0 Å². The minimum absolute atomic E-state index is 0.789. The zero-order valence-corrected chi connectivity index (χ0v) is 8.22. The Morgan fingerprint density at radius 2 is 2.42 bits per heavy atom. The number of aromatic amines is 1. The maximum Gasteiger partial charge on any atom is 0.177 e. The fourth-order valence-corrected chi connectivity index (χ4v) is 1.44. The summed E-state index contributed by atoms with van der Waals surface area (Å²) in [6, 6.07) is 2.05. The average molecular weight is 226 g/mol. The van der Waals surface area contributed by atoms with Crippen molar-refractivity contribution in [3.8, 4) is 0 Å². The minimum Gasteiger partial charge on any atom is -0.341 e. The van der Waals surface area contributed by atoms with Crippen LogP contribution in [-0.4, -0.2) is 15.0 Å². The lowest BCUT2D eigenvalue weighted by Crippen LogP contribution is -1.81. The number of aryl methyl sites for hydroxylation is 1. The molecular formula is C8H8BrN3. The standard InChI is InChI=1S/C8H8BrN3/c1-5-11-7-2-6(3-9)4-10-8(7)12-5/h2,4H,3H2,1H3,(H,10,11,12). The number of pyridine rings is 1. The smallest absolute Gasteiger partial charge is 0.177 e. The normalized spacial score (nSPS) is 10.8. The molecule has 0 atom stereocenters. The van der Waals surface area contributed by atoms with Crippen LogP contribution in [0.2, 0.25) is 0 Å². The molecule has 0 radical (unpaired) electrons. The third-order valence-electron chi connectivity index (χ3n) is 1.67. The molecule has 0 amide bonds. The minimum atomic E-state index is 0.789. The highest BCUT2D eigenvalue weighted by Gasteiger charge is 2.00. The Bertz CT molecular complexity index is 408. The molecule has 0 saturated heterocycles. The monoisotopic (exact) mass is 225 g/mol. The number of aromatic nitrogens is 3. The lowest BCUT2D eigenvalue weighted by Gasteiger charge is -1.92. The van der Waals surface area contributed by atoms with Crippen LogP contribution in [-0.2, 0) is 5.33 Å². The van der Waals surface area contributed by atoms with Crippen molar-refractivity contribution >= 4 is 27.1 Å². The van der Waals surface area contributed by atoms with E-state index < -0.39 is 0 Å². The molecule has 0 spiro atoms. The second kappa shape index (κ2) is 2.86. The second-order valence-electron chi connectivity index (χ2n) is 2.67. The van der Waals surface area contributed by atoms with Crippen LogP contribution in [0, 0.1) is 6.92 Å². The summed E-state index contributed by atoms with van der Waals surface area (Å²) in [6.45, 7) is 1.93. The molecular weight excluding hydrogens is 218 g/mol. The van der Waals surface area contributed by atoms with Gasteiger partial charge >= 0.3 is 0 Å². The molecule has 1 N–H and O–H groups in total. The van der Waals surface area contributed by atoms with E-state index in [1.165, 1.54) is 0 Å². The van der Waals surface area contributed by atoms with Crippen LogP contribution in [0.25, 0.3) is 11.2 Å². The number of nitrogens with one attached hydrogen (secondary N) is 1. The van der Waals surface area contributed by atoms with Gasteiger partial charge in [-0.05, 0) is 18.6 Å². The van der Waals surface area contributed by atoms with Gasteiger partial charge in [-0.3, -0.25) is 0 Å². The molecule has 0 bridgehead atoms. The Balaban J connectivity index is 2.66. The largest absolute Gasteiger partial charge is 0.341 e. The van der Waals surface area contributed by atoms with E-state index in [1.807, 2.05) is 13.1 Å². The number of nitrogens with zero attached hydrogens (tertiary/aromatic N) is 2. The maximum atomic E-state index is 4.21. The van der Waals surface area contributed by atoms with Crippen molar-refractivity contribution in [1.82, 2.24) is 15.0 Å². The number of alkyl halides is 1. The summed E-state index contributed by atoms with van der Waals surface area (Å²) >= 11 is 3.38. The Morgan fingerprint density at radius 1 is 1.58 bits per heavy atom. The first-order valence-electron chi connectivity index (χ1n) is 3.67. The third kappa shape index (κ3) is 1.22. The van der Waals surface area contributed by atoms with Crippen LogP contribution in [0.3, 0.4) is 0 Å². The number of rotatable bonds is 1. The molecule has 0 aliphatic heterocycles. The Labute approximate surface area is 78.4 Å². The van der Waals surface area contributed by atoms with Crippen LogP contribution in [0.5, 0.6) is 0 Å². The SMILES string of the molecule is Cc1nc2ncc(CBr)cc2[nH]1. The Hall–Kier alpha value is -0.900. The van der Waals surface area contributed by atoms with Gasteiger partial charge in [0.25, 0.3) is 0 Å². The molecule has 0 aromatic carbocycles. The van der Waals surface area contributed by atoms with Gasteiger partial charge in [0.15, 0.2) is 5.65 Å². The predicted molar refractivity (Wildman–Crippen MR) is 51.3 cm³/mol. The lowest BCUT2D eigenvalue weighted by molar-refractivity contribution is 1.16. The van der Waals surface area contributed by atoms with Crippen LogP contribution in [0.15, 0.2) is 12.3 Å². The molecule has 3 nitrogen and oxygen atoms in total. The summed E-state index contributed by atoms with van der Waals surface area (Å²) < 4.78 is 0. The van der Waals surface area contributed by atoms with Crippen molar-refractivity contribution < 1.29 is 0 Å². The number of hydrogen-bond donors (Lipinski definition) is 1. The number of imidazole rings is 1. The quantitative estimate of drug-likeness (QED) is 0.757. The topological polar surface area (TPSA) is 41.6 Å². The highest BCUT2D eigenvalue weighted by molar-refractivity contribution is 9.08. The van der Waals surface area contributed by atoms with E-state index in [9.17, 15) is 0 Å². The number of fused-ring (bicyclic) bond motifs is 1. The van der Waals surface area contributed by atoms with Gasteiger partial charge in [0.05, 0.1) is 5.52 Å². The summed E-state index contributed by atoms with van der Waals surface area (Å²) in [4.78, 5) is 11.5. The van der Waals surface area contributed by atoms with Crippen molar-refractivity contribution in [2.45, 2.75) is 12.3 Å². The molecule has 0 saturated carbocycles. The van der Waals surface area contributed by atoms with E-state index >= 15 is 0 Å². The summed E-state index contributed by atoms with van der Waals surface area (Å²) in [7, 11) is 0. The van der Waals surface area contributed by atoms with Gasteiger partial charge in [-0.2, -0.15) is 0 Å². The Morgan fingerprint density at radius 3 is 3.17 bits per heavy atom. The third-order valence-corrected chi connectivity index (χ3v) is 2.31. The average Bonchev–Trinajstić information content (AvgIpc) is 2.43. The van der Waals surface area contributed by atoms with Gasteiger partial charge in [-0.15, -0.1) is 0 Å². The number of H-pyrrole nitrogens is 1. The van der Waals surface area contributed by atoms with Crippen LogP contribution < -0.4 is 0 Å². The van der Waals surface area contributed by atoms with E-state index in [0.29, 0.717) is 0 Å². The van der Waals surface area contributed by atoms with Gasteiger partial charge in [-0.25, -0.2) is 9.97 Å². The first kappa shape index (κ1) is 7.73. The van der Waals surface area contributed by atoms with Crippen LogP contribution >= 0.6 is 15.9 Å². The van der Waals surface area contributed by atoms with Gasteiger partial charge in [-0.1, -0.05) is 15.9 Å². The van der Waals surface area contributed by atoms with Gasteiger partial charge in [0.1, 0.15) is 5.82 Å². The van der Waals surface area contributed by atoms with E-state index in [1.54, 1.807) is 0 Å². The Kier molecular flexibility index (Phi) is 1.84. The molecule has 4 heteroatoms. The van der Waals surface area contributed by atoms with Crippen molar-refractivity contribution in [3.05, 3.63) is 23.7 Å². The van der Waals surface area contributed by atoms with Crippen LogP contribution in [0.1, 0.15) is 11.4 Å². The van der Waals surface area contributed by atoms with Crippen molar-refractivity contribution in [1.29, 1.82) is 0 Å². The van der Waals surface area contributed by atoms with E-state index in [4.69, 9.17) is 0 Å². The molecule has 62 valence electrons. The first-order chi connectivity index (χ1) is 5.79. The first-order valence-corrected chi connectivity index (χ1v) is 4.79. The second-order valence-corrected chi connectivity index (χ2v) is 3.23. The molecule has 2 heterocycles. The highest BCUT2D eigenvalue weighted by atomic mass is 79.9. The highest BCUT2D eigenvalue weighted by Crippen LogP contribution is 2.12. The van der Waals surface area contributed by atoms with Crippen molar-refractivity contribution in [3.63, 3.8) is 0 Å². The summed E-state index contributed by atoms with van der Waals surface area (Å²) in [5.41, 5.74) is 2.95. The predicted octanol–water partition coefficient (Wildman–Crippen LogP) is 2.16. The van der Waals surface area contributed by atoms with E-state index in [-0.39, 0.29) is 0 Å². The maximum absolute atomic E-state index is 4.21. The molecule has 12 heavy (non-hydrogen) atoms. The molecule has 2 rings (SSSR count). The molecule has 0 aliphatic rings. The molecule has 2 aromatic rings. The zero-order chi connectivity index (χ0) is 8.55. The fourth-order valence-electron chi connectivity index (χ4n) is 1.14. The number of hydrogen-bond acceptors (Lipinski definition) is 2. The molecule has 2 aromatic heterocycles. The zero-order valence-electron chi connectivity index (χ0n) is 6.63. The van der Waals surface area contributed by atoms with E-state index in [0.717, 1.165) is 27.9 Å². The van der Waals surface area contributed by atoms with Gasteiger partial charge in [0, 0.05) is 11.5 Å². The molecule has 0 unspecified atom stereocenters. The summed E-state index contributed by atoms with van der Waals surface area (Å²) in [6.07, 6.45) is 1.83. The fraction of sp³-hybridized carbons (Fsp3) is 0.250. The number of halogens is 1. The lowest BCUT2D eigenvalue weighted by atomic mass is 10.3. The summed E-state index contributed by atoms with van der Waals surface area (Å²) in [5, 5.41) is 0.827. The molecule has 0 aliphatic carbocycles. The van der Waals surface area contributed by atoms with Crippen molar-refractivity contribution in [2.75, 3.05) is 0 Å². The van der Waals surface area contributed by atoms with E-state index in [2.05, 4.69) is 36.9 Å². The van der Waals surface area contributed by atoms with Gasteiger partial charge < -0.3 is 4.98 Å². The molecule has 0 fully saturated rings. The summed E-state index contributed by atoms with van der Waals surface area (Å²) in [5.74, 6) is 0.907. The van der Waals surface area contributed by atoms with Crippen molar-refractivity contribution in [2.24, 2.45) is 0 Å².